The Bertz CT molecular complexity index is 467. The van der Waals surface area contributed by atoms with Gasteiger partial charge in [0.1, 0.15) is 0 Å². The lowest BCUT2D eigenvalue weighted by Gasteiger charge is -2.36. The molecule has 1 fully saturated rings. The van der Waals surface area contributed by atoms with Crippen LogP contribution in [0.25, 0.3) is 0 Å². The molecule has 0 spiro atoms. The van der Waals surface area contributed by atoms with Crippen LogP contribution in [0.5, 0.6) is 0 Å². The van der Waals surface area contributed by atoms with Crippen molar-refractivity contribution in [1.29, 1.82) is 0 Å². The van der Waals surface area contributed by atoms with Crippen molar-refractivity contribution < 1.29 is 4.79 Å². The Morgan fingerprint density at radius 1 is 1.29 bits per heavy atom. The number of carbonyl (C=O) groups is 1. The van der Waals surface area contributed by atoms with Gasteiger partial charge in [0.05, 0.1) is 12.2 Å². The van der Waals surface area contributed by atoms with E-state index in [0.717, 1.165) is 45.1 Å². The van der Waals surface area contributed by atoms with E-state index < -0.39 is 0 Å². The highest BCUT2D eigenvalue weighted by Gasteiger charge is 2.22. The molecule has 0 radical (unpaired) electrons. The molecule has 0 bridgehead atoms. The number of amides is 1. The number of hydrogen-bond donors (Lipinski definition) is 1. The van der Waals surface area contributed by atoms with E-state index >= 15 is 0 Å². The van der Waals surface area contributed by atoms with Crippen LogP contribution >= 0.6 is 0 Å². The van der Waals surface area contributed by atoms with Gasteiger partial charge in [0.2, 0.25) is 5.91 Å². The van der Waals surface area contributed by atoms with Crippen LogP contribution < -0.4 is 10.6 Å². The summed E-state index contributed by atoms with van der Waals surface area (Å²) in [7, 11) is 0. The van der Waals surface area contributed by atoms with E-state index in [2.05, 4.69) is 14.8 Å². The first-order valence-corrected chi connectivity index (χ1v) is 7.61. The molecule has 0 aliphatic carbocycles. The van der Waals surface area contributed by atoms with Crippen LogP contribution in [0.2, 0.25) is 0 Å². The Balaban J connectivity index is 1.86. The van der Waals surface area contributed by atoms with E-state index in [4.69, 9.17) is 5.73 Å². The van der Waals surface area contributed by atoms with Gasteiger partial charge in [-0.2, -0.15) is 0 Å². The highest BCUT2D eigenvalue weighted by molar-refractivity contribution is 5.78. The molecule has 1 amide bonds. The normalized spacial score (nSPS) is 16.0. The summed E-state index contributed by atoms with van der Waals surface area (Å²) in [5.41, 5.74) is 6.68. The van der Waals surface area contributed by atoms with Crippen LogP contribution in [0.15, 0.2) is 18.3 Å². The molecule has 2 heterocycles. The van der Waals surface area contributed by atoms with Crippen molar-refractivity contribution in [2.75, 3.05) is 56.4 Å². The largest absolute Gasteiger partial charge is 0.396 e. The third kappa shape index (κ3) is 3.85. The van der Waals surface area contributed by atoms with Crippen molar-refractivity contribution in [1.82, 2.24) is 14.8 Å². The minimum Gasteiger partial charge on any atom is -0.396 e. The maximum Gasteiger partial charge on any atom is 0.236 e. The van der Waals surface area contributed by atoms with Crippen molar-refractivity contribution in [2.45, 2.75) is 13.8 Å². The lowest BCUT2D eigenvalue weighted by molar-refractivity contribution is -0.132. The quantitative estimate of drug-likeness (QED) is 0.863. The van der Waals surface area contributed by atoms with Gasteiger partial charge in [-0.15, -0.1) is 0 Å². The smallest absolute Gasteiger partial charge is 0.236 e. The lowest BCUT2D eigenvalue weighted by atomic mass is 10.2. The number of likely N-dealkylation sites (N-methyl/N-ethyl adjacent to an activating group) is 1. The number of aromatic nitrogens is 1. The Morgan fingerprint density at radius 3 is 2.52 bits per heavy atom. The molecule has 1 aromatic rings. The molecule has 21 heavy (non-hydrogen) atoms. The molecule has 1 aromatic heterocycles. The fraction of sp³-hybridized carbons (Fsp3) is 0.600. The summed E-state index contributed by atoms with van der Waals surface area (Å²) in [5.74, 6) is 1.07. The van der Waals surface area contributed by atoms with Crippen molar-refractivity contribution in [3.05, 3.63) is 18.3 Å². The Morgan fingerprint density at radius 2 is 1.95 bits per heavy atom. The van der Waals surface area contributed by atoms with Gasteiger partial charge < -0.3 is 15.5 Å². The molecule has 116 valence electrons. The molecule has 1 aliphatic rings. The van der Waals surface area contributed by atoms with Gasteiger partial charge in [0.25, 0.3) is 0 Å². The highest BCUT2D eigenvalue weighted by Crippen LogP contribution is 2.20. The number of nitrogens with zero attached hydrogens (tertiary/aromatic N) is 4. The van der Waals surface area contributed by atoms with Crippen LogP contribution in [0.3, 0.4) is 0 Å². The Labute approximate surface area is 126 Å². The molecule has 6 nitrogen and oxygen atoms in total. The topological polar surface area (TPSA) is 65.7 Å². The van der Waals surface area contributed by atoms with Crippen LogP contribution in [-0.2, 0) is 4.79 Å². The van der Waals surface area contributed by atoms with Gasteiger partial charge in [-0.25, -0.2) is 4.98 Å². The average molecular weight is 291 g/mol. The maximum atomic E-state index is 12.1. The second kappa shape index (κ2) is 7.26. The lowest BCUT2D eigenvalue weighted by Crippen LogP contribution is -2.50. The van der Waals surface area contributed by atoms with Crippen LogP contribution in [0.4, 0.5) is 11.5 Å². The Kier molecular flexibility index (Phi) is 5.38. The van der Waals surface area contributed by atoms with Crippen LogP contribution in [0, 0.1) is 0 Å². The molecule has 0 aromatic carbocycles. The van der Waals surface area contributed by atoms with E-state index in [0.29, 0.717) is 12.2 Å². The minimum atomic E-state index is 0.214. The fourth-order valence-corrected chi connectivity index (χ4v) is 2.66. The first-order valence-electron chi connectivity index (χ1n) is 7.61. The Hall–Kier alpha value is -1.82. The number of piperazine rings is 1. The summed E-state index contributed by atoms with van der Waals surface area (Å²) in [6, 6.07) is 3.72. The number of nitrogens with two attached hydrogens (primary N) is 1. The highest BCUT2D eigenvalue weighted by atomic mass is 16.2. The van der Waals surface area contributed by atoms with E-state index in [9.17, 15) is 4.79 Å². The van der Waals surface area contributed by atoms with Crippen molar-refractivity contribution >= 4 is 17.4 Å². The number of nitrogen functional groups attached to an aromatic ring is 1. The summed E-state index contributed by atoms with van der Waals surface area (Å²) in [6.07, 6.45) is 1.77. The molecule has 0 unspecified atom stereocenters. The number of carbonyl (C=O) groups excluding carboxylic acids is 1. The zero-order valence-corrected chi connectivity index (χ0v) is 13.0. The van der Waals surface area contributed by atoms with Crippen LogP contribution in [-0.4, -0.2) is 66.5 Å². The molecule has 2 rings (SSSR count). The zero-order valence-electron chi connectivity index (χ0n) is 13.0. The van der Waals surface area contributed by atoms with Gasteiger partial charge in [-0.1, -0.05) is 0 Å². The molecular weight excluding hydrogens is 266 g/mol. The second-order valence-electron chi connectivity index (χ2n) is 5.25. The zero-order chi connectivity index (χ0) is 15.2. The minimum absolute atomic E-state index is 0.214. The van der Waals surface area contributed by atoms with E-state index in [1.807, 2.05) is 30.9 Å². The summed E-state index contributed by atoms with van der Waals surface area (Å²) >= 11 is 0. The predicted octanol–water partition coefficient (Wildman–Crippen LogP) is 0.654. The average Bonchev–Trinajstić information content (AvgIpc) is 2.50. The van der Waals surface area contributed by atoms with Gasteiger partial charge in [-0.3, -0.25) is 9.69 Å². The van der Waals surface area contributed by atoms with Gasteiger partial charge in [-0.05, 0) is 26.0 Å². The number of anilines is 2. The molecule has 1 saturated heterocycles. The number of hydrogen-bond acceptors (Lipinski definition) is 5. The van der Waals surface area contributed by atoms with Gasteiger partial charge in [0, 0.05) is 45.5 Å². The number of pyridine rings is 1. The fourth-order valence-electron chi connectivity index (χ4n) is 2.66. The molecule has 1 aliphatic heterocycles. The monoisotopic (exact) mass is 291 g/mol. The van der Waals surface area contributed by atoms with E-state index in [1.54, 1.807) is 6.20 Å². The third-order valence-electron chi connectivity index (χ3n) is 3.96. The molecule has 0 atom stereocenters. The van der Waals surface area contributed by atoms with E-state index in [-0.39, 0.29) is 5.91 Å². The standard InChI is InChI=1S/C15H25N5O/c1-3-19(4-2)14(21)12-18-8-10-20(11-9-18)15-13(16)6-5-7-17-15/h5-7H,3-4,8-12,16H2,1-2H3. The molecule has 2 N–H and O–H groups in total. The summed E-state index contributed by atoms with van der Waals surface area (Å²) in [6.45, 7) is 9.53. The SMILES string of the molecule is CCN(CC)C(=O)CN1CCN(c2ncccc2N)CC1. The van der Waals surface area contributed by atoms with Crippen molar-refractivity contribution in [3.8, 4) is 0 Å². The first-order chi connectivity index (χ1) is 10.2. The van der Waals surface area contributed by atoms with Crippen LogP contribution in [0.1, 0.15) is 13.8 Å². The van der Waals surface area contributed by atoms with E-state index in [1.165, 1.54) is 0 Å². The van der Waals surface area contributed by atoms with Gasteiger partial charge in [0.15, 0.2) is 5.82 Å². The summed E-state index contributed by atoms with van der Waals surface area (Å²) in [5, 5.41) is 0. The molecule has 0 saturated carbocycles. The molecule has 6 heteroatoms. The third-order valence-corrected chi connectivity index (χ3v) is 3.96. The number of rotatable bonds is 5. The molecular formula is C15H25N5O. The maximum absolute atomic E-state index is 12.1. The van der Waals surface area contributed by atoms with Crippen molar-refractivity contribution in [2.24, 2.45) is 0 Å². The van der Waals surface area contributed by atoms with Crippen molar-refractivity contribution in [3.63, 3.8) is 0 Å². The van der Waals surface area contributed by atoms with Gasteiger partial charge >= 0.3 is 0 Å². The predicted molar refractivity (Wildman–Crippen MR) is 85.2 cm³/mol. The second-order valence-corrected chi connectivity index (χ2v) is 5.25. The summed E-state index contributed by atoms with van der Waals surface area (Å²) < 4.78 is 0. The first kappa shape index (κ1) is 15.6. The summed E-state index contributed by atoms with van der Waals surface area (Å²) in [4.78, 5) is 22.7.